The monoisotopic (exact) mass is 196 g/mol. The van der Waals surface area contributed by atoms with Crippen molar-refractivity contribution in [1.82, 2.24) is 4.98 Å². The Balaban J connectivity index is 2.78. The predicted octanol–water partition coefficient (Wildman–Crippen LogP) is 0.573. The maximum absolute atomic E-state index is 10.6. The van der Waals surface area contributed by atoms with Crippen LogP contribution in [0.1, 0.15) is 17.4 Å². The van der Waals surface area contributed by atoms with Crippen molar-refractivity contribution in [2.45, 2.75) is 13.0 Å². The van der Waals surface area contributed by atoms with Gasteiger partial charge in [0.1, 0.15) is 5.82 Å². The van der Waals surface area contributed by atoms with Crippen LogP contribution in [-0.2, 0) is 0 Å². The first-order valence-corrected chi connectivity index (χ1v) is 4.21. The molecule has 0 spiro atoms. The summed E-state index contributed by atoms with van der Waals surface area (Å²) in [6.45, 7) is 1.74. The number of aromatic carboxylic acids is 1. The Labute approximate surface area is 81.4 Å². The quantitative estimate of drug-likeness (QED) is 0.655. The fourth-order valence-corrected chi connectivity index (χ4v) is 0.932. The van der Waals surface area contributed by atoms with E-state index in [1.807, 2.05) is 0 Å². The van der Waals surface area contributed by atoms with Gasteiger partial charge in [-0.25, -0.2) is 9.78 Å². The third-order valence-electron chi connectivity index (χ3n) is 1.64. The number of carboxylic acid groups (broad SMARTS) is 1. The van der Waals surface area contributed by atoms with Gasteiger partial charge in [0.25, 0.3) is 0 Å². The molecule has 0 saturated heterocycles. The van der Waals surface area contributed by atoms with E-state index in [-0.39, 0.29) is 18.3 Å². The Kier molecular flexibility index (Phi) is 3.41. The van der Waals surface area contributed by atoms with Gasteiger partial charge in [-0.15, -0.1) is 0 Å². The third kappa shape index (κ3) is 2.70. The van der Waals surface area contributed by atoms with E-state index in [1.165, 1.54) is 6.07 Å². The summed E-state index contributed by atoms with van der Waals surface area (Å²) in [7, 11) is 0. The van der Waals surface area contributed by atoms with E-state index in [2.05, 4.69) is 10.3 Å². The standard InChI is InChI=1S/C9H12N2O3/c1-6(5-12)10-8-4-2-3-7(11-8)9(13)14/h2-4,6,12H,5H2,1H3,(H,10,11)(H,13,14). The molecule has 76 valence electrons. The number of nitrogens with zero attached hydrogens (tertiary/aromatic N) is 1. The highest BCUT2D eigenvalue weighted by Gasteiger charge is 2.06. The summed E-state index contributed by atoms with van der Waals surface area (Å²) in [5.74, 6) is -0.614. The summed E-state index contributed by atoms with van der Waals surface area (Å²) in [6.07, 6.45) is 0. The van der Waals surface area contributed by atoms with Crippen LogP contribution < -0.4 is 5.32 Å². The molecule has 1 atom stereocenters. The van der Waals surface area contributed by atoms with Gasteiger partial charge in [-0.2, -0.15) is 0 Å². The first kappa shape index (κ1) is 10.5. The van der Waals surface area contributed by atoms with E-state index in [9.17, 15) is 4.79 Å². The molecule has 0 saturated carbocycles. The number of aromatic nitrogens is 1. The van der Waals surface area contributed by atoms with Crippen molar-refractivity contribution in [2.24, 2.45) is 0 Å². The van der Waals surface area contributed by atoms with Crippen LogP contribution >= 0.6 is 0 Å². The number of carboxylic acids is 1. The lowest BCUT2D eigenvalue weighted by molar-refractivity contribution is 0.0690. The first-order valence-electron chi connectivity index (χ1n) is 4.21. The van der Waals surface area contributed by atoms with Crippen LogP contribution in [0.5, 0.6) is 0 Å². The molecule has 1 aromatic heterocycles. The Morgan fingerprint density at radius 2 is 2.36 bits per heavy atom. The fourth-order valence-electron chi connectivity index (χ4n) is 0.932. The molecule has 0 aliphatic carbocycles. The number of hydrogen-bond donors (Lipinski definition) is 3. The molecule has 1 heterocycles. The van der Waals surface area contributed by atoms with Crippen LogP contribution in [0.2, 0.25) is 0 Å². The highest BCUT2D eigenvalue weighted by Crippen LogP contribution is 2.06. The Hall–Kier alpha value is -1.62. The minimum absolute atomic E-state index is 0.0138. The number of pyridine rings is 1. The van der Waals surface area contributed by atoms with E-state index in [0.717, 1.165) is 0 Å². The van der Waals surface area contributed by atoms with Gasteiger partial charge in [0.2, 0.25) is 0 Å². The van der Waals surface area contributed by atoms with Crippen molar-refractivity contribution in [2.75, 3.05) is 11.9 Å². The van der Waals surface area contributed by atoms with Crippen LogP contribution in [0.4, 0.5) is 5.82 Å². The molecule has 0 aliphatic rings. The lowest BCUT2D eigenvalue weighted by atomic mass is 10.3. The normalized spacial score (nSPS) is 12.1. The van der Waals surface area contributed by atoms with Gasteiger partial charge in [-0.05, 0) is 19.1 Å². The molecule has 0 amide bonds. The molecule has 1 aromatic rings. The molecule has 0 aromatic carbocycles. The average molecular weight is 196 g/mol. The Morgan fingerprint density at radius 3 is 2.93 bits per heavy atom. The number of anilines is 1. The highest BCUT2D eigenvalue weighted by molar-refractivity contribution is 5.85. The van der Waals surface area contributed by atoms with E-state index in [1.54, 1.807) is 19.1 Å². The number of aliphatic hydroxyl groups excluding tert-OH is 1. The van der Waals surface area contributed by atoms with E-state index < -0.39 is 5.97 Å². The number of rotatable bonds is 4. The zero-order chi connectivity index (χ0) is 10.6. The fraction of sp³-hybridized carbons (Fsp3) is 0.333. The molecule has 14 heavy (non-hydrogen) atoms. The third-order valence-corrected chi connectivity index (χ3v) is 1.64. The van der Waals surface area contributed by atoms with Gasteiger partial charge >= 0.3 is 5.97 Å². The van der Waals surface area contributed by atoms with Gasteiger partial charge in [0, 0.05) is 6.04 Å². The van der Waals surface area contributed by atoms with Gasteiger partial charge in [-0.3, -0.25) is 0 Å². The largest absolute Gasteiger partial charge is 0.477 e. The van der Waals surface area contributed by atoms with Crippen molar-refractivity contribution < 1.29 is 15.0 Å². The van der Waals surface area contributed by atoms with Crippen LogP contribution in [0, 0.1) is 0 Å². The molecule has 5 heteroatoms. The SMILES string of the molecule is CC(CO)Nc1cccc(C(=O)O)n1. The maximum Gasteiger partial charge on any atom is 0.354 e. The van der Waals surface area contributed by atoms with E-state index in [0.29, 0.717) is 5.82 Å². The molecule has 5 nitrogen and oxygen atoms in total. The number of nitrogens with one attached hydrogen (secondary N) is 1. The van der Waals surface area contributed by atoms with Crippen LogP contribution in [-0.4, -0.2) is 33.8 Å². The molecule has 0 radical (unpaired) electrons. The molecule has 0 aliphatic heterocycles. The first-order chi connectivity index (χ1) is 6.63. The number of carbonyl (C=O) groups is 1. The molecule has 0 fully saturated rings. The second kappa shape index (κ2) is 4.57. The molecular weight excluding hydrogens is 184 g/mol. The molecule has 0 bridgehead atoms. The number of hydrogen-bond acceptors (Lipinski definition) is 4. The minimum atomic E-state index is -1.06. The average Bonchev–Trinajstić information content (AvgIpc) is 2.18. The van der Waals surface area contributed by atoms with Crippen molar-refractivity contribution in [3.63, 3.8) is 0 Å². The molecule has 3 N–H and O–H groups in total. The molecular formula is C9H12N2O3. The highest BCUT2D eigenvalue weighted by atomic mass is 16.4. The zero-order valence-electron chi connectivity index (χ0n) is 7.77. The Bertz CT molecular complexity index is 328. The van der Waals surface area contributed by atoms with E-state index >= 15 is 0 Å². The van der Waals surface area contributed by atoms with Crippen molar-refractivity contribution in [1.29, 1.82) is 0 Å². The summed E-state index contributed by atoms with van der Waals surface area (Å²) in [5.41, 5.74) is -0.0138. The lowest BCUT2D eigenvalue weighted by Crippen LogP contribution is -2.20. The van der Waals surface area contributed by atoms with Crippen molar-refractivity contribution in [3.05, 3.63) is 23.9 Å². The minimum Gasteiger partial charge on any atom is -0.477 e. The van der Waals surface area contributed by atoms with Gasteiger partial charge in [-0.1, -0.05) is 6.07 Å². The van der Waals surface area contributed by atoms with Crippen molar-refractivity contribution >= 4 is 11.8 Å². The van der Waals surface area contributed by atoms with Crippen molar-refractivity contribution in [3.8, 4) is 0 Å². The molecule has 1 rings (SSSR count). The maximum atomic E-state index is 10.6. The lowest BCUT2D eigenvalue weighted by Gasteiger charge is -2.11. The number of aliphatic hydroxyl groups is 1. The topological polar surface area (TPSA) is 82.5 Å². The summed E-state index contributed by atoms with van der Waals surface area (Å²) < 4.78 is 0. The van der Waals surface area contributed by atoms with Crippen LogP contribution in [0.15, 0.2) is 18.2 Å². The summed E-state index contributed by atoms with van der Waals surface area (Å²) >= 11 is 0. The van der Waals surface area contributed by atoms with E-state index in [4.69, 9.17) is 10.2 Å². The molecule has 1 unspecified atom stereocenters. The summed E-state index contributed by atoms with van der Waals surface area (Å²) in [6, 6.07) is 4.52. The second-order valence-electron chi connectivity index (χ2n) is 2.94. The van der Waals surface area contributed by atoms with Gasteiger partial charge < -0.3 is 15.5 Å². The summed E-state index contributed by atoms with van der Waals surface area (Å²) in [5, 5.41) is 20.3. The smallest absolute Gasteiger partial charge is 0.354 e. The zero-order valence-corrected chi connectivity index (χ0v) is 7.77. The van der Waals surface area contributed by atoms with Crippen LogP contribution in [0.25, 0.3) is 0 Å². The second-order valence-corrected chi connectivity index (χ2v) is 2.94. The summed E-state index contributed by atoms with van der Waals surface area (Å²) in [4.78, 5) is 14.4. The van der Waals surface area contributed by atoms with Gasteiger partial charge in [0.05, 0.1) is 6.61 Å². The van der Waals surface area contributed by atoms with Crippen LogP contribution in [0.3, 0.4) is 0 Å². The van der Waals surface area contributed by atoms with Gasteiger partial charge in [0.15, 0.2) is 5.69 Å². The predicted molar refractivity (Wildman–Crippen MR) is 51.4 cm³/mol. The Morgan fingerprint density at radius 1 is 1.64 bits per heavy atom.